The fraction of sp³-hybridized carbons (Fsp3) is 0.706. The summed E-state index contributed by atoms with van der Waals surface area (Å²) in [7, 11) is 0. The molecule has 1 aromatic heterocycles. The lowest BCUT2D eigenvalue weighted by Crippen LogP contribution is -2.52. The molecule has 5 atom stereocenters. The first-order chi connectivity index (χ1) is 9.85. The molecular formula is C17H24O4. The second-order valence-corrected chi connectivity index (χ2v) is 6.95. The molecule has 1 aromatic rings. The van der Waals surface area contributed by atoms with Gasteiger partial charge in [-0.2, -0.15) is 0 Å². The SMILES string of the molecule is CC(=O)OC1c2c(C)coc2CC2CCC(O)C(C)C21C. The lowest BCUT2D eigenvalue weighted by molar-refractivity contribution is -0.175. The first-order valence-corrected chi connectivity index (χ1v) is 7.77. The number of fused-ring (bicyclic) bond motifs is 2. The van der Waals surface area contributed by atoms with E-state index in [1.807, 2.05) is 6.92 Å². The number of rotatable bonds is 1. The smallest absolute Gasteiger partial charge is 0.303 e. The Hall–Kier alpha value is -1.29. The van der Waals surface area contributed by atoms with Crippen molar-refractivity contribution >= 4 is 5.97 Å². The van der Waals surface area contributed by atoms with Gasteiger partial charge in [-0.3, -0.25) is 4.79 Å². The molecule has 0 bridgehead atoms. The molecule has 0 aromatic carbocycles. The maximum absolute atomic E-state index is 11.6. The summed E-state index contributed by atoms with van der Waals surface area (Å²) in [5, 5.41) is 10.3. The molecule has 0 saturated heterocycles. The summed E-state index contributed by atoms with van der Waals surface area (Å²) in [5.41, 5.74) is 1.80. The van der Waals surface area contributed by atoms with Gasteiger partial charge in [0.25, 0.3) is 0 Å². The minimum atomic E-state index is -0.335. The predicted octanol–water partition coefficient (Wildman–Crippen LogP) is 3.16. The number of carbonyl (C=O) groups is 1. The van der Waals surface area contributed by atoms with Gasteiger partial charge in [-0.15, -0.1) is 0 Å². The van der Waals surface area contributed by atoms with Crippen molar-refractivity contribution in [2.75, 3.05) is 0 Å². The molecule has 116 valence electrons. The standard InChI is InChI=1S/C17H24O4/c1-9-8-20-14-7-12-5-6-13(19)10(2)17(12,4)16(15(9)14)21-11(3)18/h8,10,12-13,16,19H,5-7H2,1-4H3. The second kappa shape index (κ2) is 4.87. The Balaban J connectivity index is 2.12. The van der Waals surface area contributed by atoms with Crippen LogP contribution in [0.15, 0.2) is 10.7 Å². The molecule has 1 heterocycles. The third kappa shape index (κ3) is 2.03. The molecule has 5 unspecified atom stereocenters. The minimum absolute atomic E-state index is 0.0862. The molecular weight excluding hydrogens is 268 g/mol. The Kier molecular flexibility index (Phi) is 3.40. The average Bonchev–Trinajstić information content (AvgIpc) is 2.78. The molecule has 0 radical (unpaired) electrons. The zero-order chi connectivity index (χ0) is 15.4. The van der Waals surface area contributed by atoms with Gasteiger partial charge in [-0.1, -0.05) is 13.8 Å². The van der Waals surface area contributed by atoms with Crippen molar-refractivity contribution in [2.24, 2.45) is 17.3 Å². The number of furan rings is 1. The lowest BCUT2D eigenvalue weighted by Gasteiger charge is -2.54. The number of hydrogen-bond acceptors (Lipinski definition) is 4. The van der Waals surface area contributed by atoms with E-state index >= 15 is 0 Å². The Morgan fingerprint density at radius 2 is 2.19 bits per heavy atom. The van der Waals surface area contributed by atoms with Gasteiger partial charge < -0.3 is 14.3 Å². The van der Waals surface area contributed by atoms with Crippen LogP contribution in [0, 0.1) is 24.2 Å². The molecule has 1 fully saturated rings. The Bertz CT molecular complexity index is 561. The Morgan fingerprint density at radius 3 is 2.86 bits per heavy atom. The topological polar surface area (TPSA) is 59.7 Å². The zero-order valence-corrected chi connectivity index (χ0v) is 13.2. The number of esters is 1. The van der Waals surface area contributed by atoms with Gasteiger partial charge in [-0.25, -0.2) is 0 Å². The first kappa shape index (κ1) is 14.6. The molecule has 21 heavy (non-hydrogen) atoms. The van der Waals surface area contributed by atoms with Gasteiger partial charge in [0.05, 0.1) is 12.4 Å². The lowest BCUT2D eigenvalue weighted by atomic mass is 9.53. The van der Waals surface area contributed by atoms with Crippen LogP contribution in [0.4, 0.5) is 0 Å². The van der Waals surface area contributed by atoms with Crippen molar-refractivity contribution in [1.82, 2.24) is 0 Å². The van der Waals surface area contributed by atoms with Crippen LogP contribution in [-0.2, 0) is 16.0 Å². The van der Waals surface area contributed by atoms with Gasteiger partial charge in [0.2, 0.25) is 0 Å². The second-order valence-electron chi connectivity index (χ2n) is 6.95. The van der Waals surface area contributed by atoms with Crippen LogP contribution < -0.4 is 0 Å². The van der Waals surface area contributed by atoms with Crippen LogP contribution in [0.5, 0.6) is 0 Å². The Morgan fingerprint density at radius 1 is 1.48 bits per heavy atom. The quantitative estimate of drug-likeness (QED) is 0.808. The maximum Gasteiger partial charge on any atom is 0.303 e. The van der Waals surface area contributed by atoms with Gasteiger partial charge in [0.15, 0.2) is 0 Å². The molecule has 4 nitrogen and oxygen atoms in total. The van der Waals surface area contributed by atoms with Crippen LogP contribution >= 0.6 is 0 Å². The molecule has 2 aliphatic carbocycles. The van der Waals surface area contributed by atoms with E-state index in [2.05, 4.69) is 13.8 Å². The Labute approximate surface area is 125 Å². The molecule has 0 spiro atoms. The summed E-state index contributed by atoms with van der Waals surface area (Å²) in [5.74, 6) is 1.13. The summed E-state index contributed by atoms with van der Waals surface area (Å²) >= 11 is 0. The summed E-state index contributed by atoms with van der Waals surface area (Å²) in [6.07, 6.45) is 3.71. The largest absolute Gasteiger partial charge is 0.469 e. The highest BCUT2D eigenvalue weighted by atomic mass is 16.5. The number of hydrogen-bond donors (Lipinski definition) is 1. The molecule has 1 N–H and O–H groups in total. The van der Waals surface area contributed by atoms with Crippen molar-refractivity contribution in [3.05, 3.63) is 23.2 Å². The van der Waals surface area contributed by atoms with E-state index in [1.54, 1.807) is 6.26 Å². The van der Waals surface area contributed by atoms with Crippen LogP contribution in [0.3, 0.4) is 0 Å². The highest BCUT2D eigenvalue weighted by Crippen LogP contribution is 2.59. The molecule has 1 saturated carbocycles. The van der Waals surface area contributed by atoms with Crippen molar-refractivity contribution in [2.45, 2.75) is 59.2 Å². The van der Waals surface area contributed by atoms with Crippen molar-refractivity contribution in [1.29, 1.82) is 0 Å². The monoisotopic (exact) mass is 292 g/mol. The van der Waals surface area contributed by atoms with Crippen LogP contribution in [0.25, 0.3) is 0 Å². The third-order valence-corrected chi connectivity index (χ3v) is 5.89. The van der Waals surface area contributed by atoms with Gasteiger partial charge in [0.1, 0.15) is 11.9 Å². The fourth-order valence-corrected chi connectivity index (χ4v) is 4.40. The van der Waals surface area contributed by atoms with Crippen molar-refractivity contribution < 1.29 is 19.1 Å². The van der Waals surface area contributed by atoms with Gasteiger partial charge in [0, 0.05) is 24.3 Å². The van der Waals surface area contributed by atoms with E-state index in [1.165, 1.54) is 6.92 Å². The summed E-state index contributed by atoms with van der Waals surface area (Å²) in [6.45, 7) is 7.68. The number of carbonyl (C=O) groups excluding carboxylic acids is 1. The molecule has 0 amide bonds. The first-order valence-electron chi connectivity index (χ1n) is 7.77. The van der Waals surface area contributed by atoms with Crippen LogP contribution in [0.2, 0.25) is 0 Å². The fourth-order valence-electron chi connectivity index (χ4n) is 4.40. The van der Waals surface area contributed by atoms with Crippen molar-refractivity contribution in [3.63, 3.8) is 0 Å². The maximum atomic E-state index is 11.6. The third-order valence-electron chi connectivity index (χ3n) is 5.89. The van der Waals surface area contributed by atoms with Crippen LogP contribution in [-0.4, -0.2) is 17.2 Å². The van der Waals surface area contributed by atoms with E-state index < -0.39 is 0 Å². The zero-order valence-electron chi connectivity index (χ0n) is 13.2. The van der Waals surface area contributed by atoms with E-state index in [0.29, 0.717) is 5.92 Å². The molecule has 2 aliphatic rings. The average molecular weight is 292 g/mol. The number of aliphatic hydroxyl groups excluding tert-OH is 1. The predicted molar refractivity (Wildman–Crippen MR) is 77.7 cm³/mol. The van der Waals surface area contributed by atoms with Crippen LogP contribution in [0.1, 0.15) is 56.6 Å². The summed E-state index contributed by atoms with van der Waals surface area (Å²) in [6, 6.07) is 0. The van der Waals surface area contributed by atoms with Gasteiger partial charge >= 0.3 is 5.97 Å². The van der Waals surface area contributed by atoms with Gasteiger partial charge in [-0.05, 0) is 37.2 Å². The van der Waals surface area contributed by atoms with E-state index in [4.69, 9.17) is 9.15 Å². The van der Waals surface area contributed by atoms with Crippen molar-refractivity contribution in [3.8, 4) is 0 Å². The molecule has 3 rings (SSSR count). The normalized spacial score (nSPS) is 38.5. The van der Waals surface area contributed by atoms with E-state index in [9.17, 15) is 9.90 Å². The number of aliphatic hydroxyl groups is 1. The molecule has 4 heteroatoms. The highest BCUT2D eigenvalue weighted by molar-refractivity contribution is 5.66. The number of aryl methyl sites for hydroxylation is 1. The van der Waals surface area contributed by atoms with E-state index in [-0.39, 0.29) is 29.5 Å². The van der Waals surface area contributed by atoms with E-state index in [0.717, 1.165) is 36.1 Å². The minimum Gasteiger partial charge on any atom is -0.469 e. The number of ether oxygens (including phenoxy) is 1. The highest BCUT2D eigenvalue weighted by Gasteiger charge is 2.56. The summed E-state index contributed by atoms with van der Waals surface area (Å²) < 4.78 is 11.4. The summed E-state index contributed by atoms with van der Waals surface area (Å²) in [4.78, 5) is 11.6. The molecule has 0 aliphatic heterocycles.